The number of carbonyl (C=O) groups is 2. The molecule has 0 heterocycles. The molecule has 0 bridgehead atoms. The fraction of sp³-hybridized carbons (Fsp3) is 0.259. The van der Waals surface area contributed by atoms with E-state index in [0.717, 1.165) is 14.3 Å². The van der Waals surface area contributed by atoms with E-state index in [9.17, 15) is 18.0 Å². The van der Waals surface area contributed by atoms with Crippen LogP contribution in [0.15, 0.2) is 82.2 Å². The second-order valence-corrected chi connectivity index (χ2v) is 11.7. The Morgan fingerprint density at radius 1 is 1.00 bits per heavy atom. The summed E-state index contributed by atoms with van der Waals surface area (Å²) in [6.45, 7) is 5.18. The Kier molecular flexibility index (Phi) is 9.75. The molecule has 3 aromatic carbocycles. The lowest BCUT2D eigenvalue weighted by atomic mass is 10.1. The molecule has 2 amide bonds. The third kappa shape index (κ3) is 7.12. The average molecular weight is 607 g/mol. The van der Waals surface area contributed by atoms with E-state index in [1.54, 1.807) is 74.5 Å². The summed E-state index contributed by atoms with van der Waals surface area (Å²) in [7, 11) is -4.11. The normalized spacial score (nSPS) is 12.0. The van der Waals surface area contributed by atoms with Crippen molar-refractivity contribution in [2.24, 2.45) is 0 Å². The monoisotopic (exact) mass is 605 g/mol. The minimum atomic E-state index is -4.11. The van der Waals surface area contributed by atoms with Crippen LogP contribution in [0, 0.1) is 6.92 Å². The molecule has 3 aromatic rings. The predicted molar refractivity (Wildman–Crippen MR) is 150 cm³/mol. The number of nitrogens with zero attached hydrogens (tertiary/aromatic N) is 2. The second kappa shape index (κ2) is 12.6. The molecule has 0 radical (unpaired) electrons. The summed E-state index contributed by atoms with van der Waals surface area (Å²) < 4.78 is 29.3. The molecular weight excluding hydrogens is 578 g/mol. The van der Waals surface area contributed by atoms with Crippen LogP contribution in [0.5, 0.6) is 0 Å². The third-order valence-corrected chi connectivity index (χ3v) is 8.50. The van der Waals surface area contributed by atoms with E-state index in [2.05, 4.69) is 21.2 Å². The van der Waals surface area contributed by atoms with E-state index >= 15 is 0 Å². The van der Waals surface area contributed by atoms with Crippen LogP contribution in [0.2, 0.25) is 5.02 Å². The minimum absolute atomic E-state index is 0.0373. The van der Waals surface area contributed by atoms with Crippen LogP contribution >= 0.6 is 27.5 Å². The molecule has 0 aromatic heterocycles. The van der Waals surface area contributed by atoms with Gasteiger partial charge in [0, 0.05) is 22.6 Å². The highest BCUT2D eigenvalue weighted by Crippen LogP contribution is 2.27. The van der Waals surface area contributed by atoms with Crippen molar-refractivity contribution in [2.45, 2.75) is 38.3 Å². The zero-order chi connectivity index (χ0) is 27.2. The van der Waals surface area contributed by atoms with Gasteiger partial charge >= 0.3 is 0 Å². The Hall–Kier alpha value is -2.88. The Balaban J connectivity index is 2.03. The maximum Gasteiger partial charge on any atom is 0.264 e. The number of benzene rings is 3. The topological polar surface area (TPSA) is 86.8 Å². The zero-order valence-electron chi connectivity index (χ0n) is 20.8. The molecule has 10 heteroatoms. The van der Waals surface area contributed by atoms with Gasteiger partial charge in [0.05, 0.1) is 10.6 Å². The van der Waals surface area contributed by atoms with Gasteiger partial charge in [0.1, 0.15) is 12.6 Å². The van der Waals surface area contributed by atoms with E-state index in [-0.39, 0.29) is 17.3 Å². The van der Waals surface area contributed by atoms with E-state index in [4.69, 9.17) is 11.6 Å². The summed E-state index contributed by atoms with van der Waals surface area (Å²) in [5.74, 6) is -0.892. The van der Waals surface area contributed by atoms with Crippen molar-refractivity contribution in [3.63, 3.8) is 0 Å². The number of aryl methyl sites for hydroxylation is 1. The lowest BCUT2D eigenvalue weighted by Gasteiger charge is -2.32. The Labute approximate surface area is 231 Å². The molecule has 3 rings (SSSR count). The fourth-order valence-corrected chi connectivity index (χ4v) is 5.56. The highest BCUT2D eigenvalue weighted by Gasteiger charge is 2.32. The van der Waals surface area contributed by atoms with Gasteiger partial charge in [0.25, 0.3) is 10.0 Å². The van der Waals surface area contributed by atoms with Crippen molar-refractivity contribution in [1.82, 2.24) is 10.2 Å². The van der Waals surface area contributed by atoms with Gasteiger partial charge in [-0.3, -0.25) is 13.9 Å². The molecule has 0 spiro atoms. The summed E-state index contributed by atoms with van der Waals surface area (Å²) in [5.41, 5.74) is 1.87. The minimum Gasteiger partial charge on any atom is -0.355 e. The van der Waals surface area contributed by atoms with Crippen LogP contribution in [0.3, 0.4) is 0 Å². The van der Waals surface area contributed by atoms with Crippen molar-refractivity contribution < 1.29 is 18.0 Å². The first kappa shape index (κ1) is 28.7. The number of anilines is 1. The average Bonchev–Trinajstić information content (AvgIpc) is 2.87. The van der Waals surface area contributed by atoms with E-state index in [0.29, 0.717) is 22.8 Å². The summed E-state index contributed by atoms with van der Waals surface area (Å²) >= 11 is 9.72. The van der Waals surface area contributed by atoms with Crippen molar-refractivity contribution >= 4 is 55.1 Å². The van der Waals surface area contributed by atoms with Crippen LogP contribution in [0.25, 0.3) is 0 Å². The van der Waals surface area contributed by atoms with Gasteiger partial charge in [-0.05, 0) is 68.8 Å². The molecule has 1 atom stereocenters. The molecule has 0 aliphatic rings. The number of hydrogen-bond donors (Lipinski definition) is 1. The van der Waals surface area contributed by atoms with Gasteiger partial charge in [-0.25, -0.2) is 8.42 Å². The molecule has 7 nitrogen and oxygen atoms in total. The molecule has 1 N–H and O–H groups in total. The number of hydrogen-bond acceptors (Lipinski definition) is 4. The van der Waals surface area contributed by atoms with Crippen LogP contribution in [-0.4, -0.2) is 44.3 Å². The molecular formula is C27H29BrClN3O4S. The van der Waals surface area contributed by atoms with Crippen LogP contribution in [-0.2, 0) is 26.2 Å². The summed E-state index contributed by atoms with van der Waals surface area (Å²) in [5, 5.41) is 3.18. The Morgan fingerprint density at radius 3 is 2.22 bits per heavy atom. The fourth-order valence-electron chi connectivity index (χ4n) is 3.69. The van der Waals surface area contributed by atoms with Gasteiger partial charge < -0.3 is 10.2 Å². The predicted octanol–water partition coefficient (Wildman–Crippen LogP) is 5.16. The first-order chi connectivity index (χ1) is 17.5. The molecule has 0 saturated heterocycles. The maximum atomic E-state index is 13.8. The lowest BCUT2D eigenvalue weighted by molar-refractivity contribution is -0.139. The number of amides is 2. The number of likely N-dealkylation sites (N-methyl/N-ethyl adjacent to an activating group) is 1. The maximum absolute atomic E-state index is 13.8. The summed E-state index contributed by atoms with van der Waals surface area (Å²) in [6.07, 6.45) is 0. The number of halogens is 2. The van der Waals surface area contributed by atoms with E-state index in [1.807, 2.05) is 6.92 Å². The molecule has 0 saturated carbocycles. The lowest BCUT2D eigenvalue weighted by Crippen LogP contribution is -2.51. The molecule has 0 fully saturated rings. The Bertz CT molecular complexity index is 1350. The van der Waals surface area contributed by atoms with Crippen molar-refractivity contribution in [3.05, 3.63) is 93.4 Å². The zero-order valence-corrected chi connectivity index (χ0v) is 24.0. The van der Waals surface area contributed by atoms with Gasteiger partial charge in [-0.1, -0.05) is 63.4 Å². The second-order valence-electron chi connectivity index (χ2n) is 8.48. The largest absolute Gasteiger partial charge is 0.355 e. The van der Waals surface area contributed by atoms with Crippen molar-refractivity contribution in [2.75, 3.05) is 17.4 Å². The van der Waals surface area contributed by atoms with E-state index in [1.165, 1.54) is 17.0 Å². The summed E-state index contributed by atoms with van der Waals surface area (Å²) in [4.78, 5) is 27.9. The standard InChI is InChI=1S/C27H29BrClN3O4S/c1-4-30-27(34)20(3)31(17-21-7-5-6-8-25(21)29)26(33)18-32(23-13-11-22(28)12-14-23)37(35,36)24-15-9-19(2)10-16-24/h5-16,20H,4,17-18H2,1-3H3,(H,30,34)/t20-/m0/s1. The smallest absolute Gasteiger partial charge is 0.264 e. The molecule has 0 aliphatic carbocycles. The van der Waals surface area contributed by atoms with Crippen LogP contribution in [0.4, 0.5) is 5.69 Å². The quantitative estimate of drug-likeness (QED) is 0.346. The summed E-state index contributed by atoms with van der Waals surface area (Å²) in [6, 6.07) is 19.2. The third-order valence-electron chi connectivity index (χ3n) is 5.82. The number of sulfonamides is 1. The molecule has 0 unspecified atom stereocenters. The van der Waals surface area contributed by atoms with Crippen molar-refractivity contribution in [3.8, 4) is 0 Å². The van der Waals surface area contributed by atoms with Gasteiger partial charge in [0.2, 0.25) is 11.8 Å². The Morgan fingerprint density at radius 2 is 1.62 bits per heavy atom. The van der Waals surface area contributed by atoms with Gasteiger partial charge in [-0.15, -0.1) is 0 Å². The molecule has 37 heavy (non-hydrogen) atoms. The van der Waals surface area contributed by atoms with Gasteiger partial charge in [0.15, 0.2) is 0 Å². The van der Waals surface area contributed by atoms with Crippen LogP contribution in [0.1, 0.15) is 25.0 Å². The van der Waals surface area contributed by atoms with Crippen molar-refractivity contribution in [1.29, 1.82) is 0 Å². The highest BCUT2D eigenvalue weighted by molar-refractivity contribution is 9.10. The first-order valence-electron chi connectivity index (χ1n) is 11.7. The van der Waals surface area contributed by atoms with E-state index < -0.39 is 28.5 Å². The number of rotatable bonds is 10. The van der Waals surface area contributed by atoms with Crippen LogP contribution < -0.4 is 9.62 Å². The SMILES string of the molecule is CCNC(=O)[C@H](C)N(Cc1ccccc1Cl)C(=O)CN(c1ccc(Br)cc1)S(=O)(=O)c1ccc(C)cc1. The van der Waals surface area contributed by atoms with Gasteiger partial charge in [-0.2, -0.15) is 0 Å². The number of nitrogens with one attached hydrogen (secondary N) is 1. The highest BCUT2D eigenvalue weighted by atomic mass is 79.9. The number of carbonyl (C=O) groups excluding carboxylic acids is 2. The molecule has 0 aliphatic heterocycles. The molecule has 196 valence electrons. The first-order valence-corrected chi connectivity index (χ1v) is 14.3.